The summed E-state index contributed by atoms with van der Waals surface area (Å²) in [6.07, 6.45) is 2.21. The molecular weight excluding hydrogens is 442 g/mol. The minimum atomic E-state index is -0.584. The lowest BCUT2D eigenvalue weighted by Gasteiger charge is -2.19. The van der Waals surface area contributed by atoms with Gasteiger partial charge in [-0.25, -0.2) is 24.5 Å². The van der Waals surface area contributed by atoms with E-state index in [-0.39, 0.29) is 42.4 Å². The van der Waals surface area contributed by atoms with Crippen molar-refractivity contribution in [3.63, 3.8) is 0 Å². The van der Waals surface area contributed by atoms with Gasteiger partial charge in [0.15, 0.2) is 23.2 Å². The molecule has 34 heavy (non-hydrogen) atoms. The quantitative estimate of drug-likeness (QED) is 0.372. The van der Waals surface area contributed by atoms with Crippen LogP contribution in [0.1, 0.15) is 12.6 Å². The van der Waals surface area contributed by atoms with Crippen molar-refractivity contribution in [3.8, 4) is 0 Å². The van der Waals surface area contributed by atoms with Gasteiger partial charge >= 0.3 is 12.1 Å². The molecule has 5 amide bonds. The fourth-order valence-electron chi connectivity index (χ4n) is 4.34. The number of amides is 5. The van der Waals surface area contributed by atoms with Gasteiger partial charge in [-0.05, 0) is 12.1 Å². The molecule has 5 N–H and O–H groups in total. The van der Waals surface area contributed by atoms with Crippen LogP contribution in [0.15, 0.2) is 43.0 Å². The number of hydrogen-bond donors (Lipinski definition) is 5. The second-order valence-corrected chi connectivity index (χ2v) is 7.98. The molecule has 0 radical (unpaired) electrons. The molecule has 2 aromatic heterocycles. The van der Waals surface area contributed by atoms with Gasteiger partial charge in [0, 0.05) is 31.6 Å². The Bertz CT molecular complexity index is 1230. The molecule has 3 aromatic rings. The monoisotopic (exact) mass is 465 g/mol. The van der Waals surface area contributed by atoms with Crippen LogP contribution in [0.4, 0.5) is 21.1 Å². The fraction of sp³-hybridized carbons (Fsp3) is 0.333. The zero-order chi connectivity index (χ0) is 23.7. The smallest absolute Gasteiger partial charge is 0.324 e. The van der Waals surface area contributed by atoms with E-state index in [0.29, 0.717) is 23.3 Å². The summed E-state index contributed by atoms with van der Waals surface area (Å²) in [4.78, 5) is 49.1. The van der Waals surface area contributed by atoms with Gasteiger partial charge in [0.05, 0.1) is 18.5 Å². The molecule has 2 aliphatic heterocycles. The van der Waals surface area contributed by atoms with Crippen molar-refractivity contribution in [1.82, 2.24) is 35.5 Å². The largest absolute Gasteiger partial charge is 0.350 e. The van der Waals surface area contributed by atoms with Crippen LogP contribution >= 0.6 is 0 Å². The molecule has 2 saturated heterocycles. The van der Waals surface area contributed by atoms with E-state index in [0.717, 1.165) is 0 Å². The average molecular weight is 465 g/mol. The Morgan fingerprint density at radius 3 is 2.76 bits per heavy atom. The van der Waals surface area contributed by atoms with Gasteiger partial charge < -0.3 is 26.0 Å². The Morgan fingerprint density at radius 2 is 1.97 bits per heavy atom. The molecule has 4 heterocycles. The lowest BCUT2D eigenvalue weighted by atomic mass is 9.96. The molecular formula is C21H23N9O4. The normalized spacial score (nSPS) is 23.3. The van der Waals surface area contributed by atoms with Gasteiger partial charge in [0.1, 0.15) is 6.33 Å². The number of para-hydroxylation sites is 1. The van der Waals surface area contributed by atoms with Gasteiger partial charge in [-0.1, -0.05) is 18.2 Å². The number of nitrogens with one attached hydrogen (secondary N) is 5. The van der Waals surface area contributed by atoms with Gasteiger partial charge in [-0.15, -0.1) is 0 Å². The number of ether oxygens (including phenoxy) is 1. The van der Waals surface area contributed by atoms with Crippen LogP contribution in [-0.2, 0) is 9.53 Å². The molecule has 13 heteroatoms. The third-order valence-corrected chi connectivity index (χ3v) is 5.90. The van der Waals surface area contributed by atoms with Crippen LogP contribution in [0.25, 0.3) is 11.2 Å². The predicted octanol–water partition coefficient (Wildman–Crippen LogP) is 0.801. The van der Waals surface area contributed by atoms with Crippen LogP contribution in [-0.4, -0.2) is 63.2 Å². The summed E-state index contributed by atoms with van der Waals surface area (Å²) in [5.41, 5.74) is 1.45. The first-order valence-electron chi connectivity index (χ1n) is 10.7. The molecule has 1 unspecified atom stereocenters. The van der Waals surface area contributed by atoms with E-state index in [1.54, 1.807) is 23.0 Å². The highest BCUT2D eigenvalue weighted by Gasteiger charge is 2.51. The summed E-state index contributed by atoms with van der Waals surface area (Å²) in [5.74, 6) is 0.0374. The van der Waals surface area contributed by atoms with E-state index in [2.05, 4.69) is 41.5 Å². The second-order valence-electron chi connectivity index (χ2n) is 7.98. The molecule has 2 aliphatic rings. The number of nitrogens with zero attached hydrogens (tertiary/aromatic N) is 4. The van der Waals surface area contributed by atoms with Crippen LogP contribution in [0.2, 0.25) is 0 Å². The van der Waals surface area contributed by atoms with Crippen molar-refractivity contribution in [2.45, 2.75) is 24.8 Å². The van der Waals surface area contributed by atoms with E-state index in [4.69, 9.17) is 4.74 Å². The maximum Gasteiger partial charge on any atom is 0.324 e. The number of carbonyl (C=O) groups excluding carboxylic acids is 3. The molecule has 4 atom stereocenters. The maximum atomic E-state index is 12.4. The summed E-state index contributed by atoms with van der Waals surface area (Å²) >= 11 is 0. The fourth-order valence-corrected chi connectivity index (χ4v) is 4.34. The number of aromatic nitrogens is 4. The molecule has 176 valence electrons. The summed E-state index contributed by atoms with van der Waals surface area (Å²) < 4.78 is 7.94. The predicted molar refractivity (Wildman–Crippen MR) is 121 cm³/mol. The number of anilines is 2. The first-order valence-corrected chi connectivity index (χ1v) is 10.7. The first-order chi connectivity index (χ1) is 16.5. The topological polar surface area (TPSA) is 164 Å². The Kier molecular flexibility index (Phi) is 5.67. The Morgan fingerprint density at radius 1 is 1.15 bits per heavy atom. The lowest BCUT2D eigenvalue weighted by molar-refractivity contribution is -0.121. The number of rotatable bonds is 5. The summed E-state index contributed by atoms with van der Waals surface area (Å²) in [6, 6.07) is 7.90. The van der Waals surface area contributed by atoms with Crippen molar-refractivity contribution >= 4 is 40.6 Å². The van der Waals surface area contributed by atoms with E-state index in [9.17, 15) is 14.4 Å². The van der Waals surface area contributed by atoms with Gasteiger partial charge in [-0.2, -0.15) is 0 Å². The maximum absolute atomic E-state index is 12.4. The van der Waals surface area contributed by atoms with Gasteiger partial charge in [0.2, 0.25) is 5.91 Å². The van der Waals surface area contributed by atoms with Crippen LogP contribution in [0.3, 0.4) is 0 Å². The first kappa shape index (κ1) is 21.6. The second kappa shape index (κ2) is 8.94. The number of hydrogen-bond acceptors (Lipinski definition) is 7. The van der Waals surface area contributed by atoms with Crippen LogP contribution in [0.5, 0.6) is 0 Å². The summed E-state index contributed by atoms with van der Waals surface area (Å²) in [7, 11) is 1.53. The number of imidazole rings is 1. The Labute approximate surface area is 193 Å². The van der Waals surface area contributed by atoms with E-state index in [1.165, 1.54) is 13.4 Å². The molecule has 0 saturated carbocycles. The average Bonchev–Trinajstić information content (AvgIpc) is 3.52. The van der Waals surface area contributed by atoms with E-state index >= 15 is 0 Å². The standard InChI is InChI=1S/C21H23N9O4/c1-22-20(32)23-8-13-12-7-14(31)28-15(12)19(34-13)30-10-26-16-17(24-9-25-18(16)30)29-21(33)27-11-5-3-2-4-6-11/h2-6,9-10,12-13,15,19H,7-8H2,1H3,(H,28,31)(H2,22,23,32)(H2,24,25,27,29,33)/t12-,13-,15?,19-/m1/s1. The lowest BCUT2D eigenvalue weighted by Crippen LogP contribution is -2.40. The number of carbonyl (C=O) groups is 3. The SMILES string of the molecule is CNC(=O)NC[C@H]1O[C@@H](n2cnc3c(NC(=O)Nc4ccccc4)ncnc32)C2NC(=O)C[C@@H]21. The van der Waals surface area contributed by atoms with Gasteiger partial charge in [-0.3, -0.25) is 14.7 Å². The zero-order valence-electron chi connectivity index (χ0n) is 18.2. The number of fused-ring (bicyclic) bond motifs is 2. The molecule has 5 rings (SSSR count). The van der Waals surface area contributed by atoms with Crippen LogP contribution < -0.4 is 26.6 Å². The Balaban J connectivity index is 1.37. The van der Waals surface area contributed by atoms with Crippen LogP contribution in [0, 0.1) is 5.92 Å². The van der Waals surface area contributed by atoms with Crippen molar-refractivity contribution < 1.29 is 19.1 Å². The number of benzene rings is 1. The minimum Gasteiger partial charge on any atom is -0.350 e. The van der Waals surface area contributed by atoms with Crippen molar-refractivity contribution in [2.75, 3.05) is 24.2 Å². The van der Waals surface area contributed by atoms with Gasteiger partial charge in [0.25, 0.3) is 0 Å². The highest BCUT2D eigenvalue weighted by Crippen LogP contribution is 2.40. The van der Waals surface area contributed by atoms with Crippen molar-refractivity contribution in [3.05, 3.63) is 43.0 Å². The Hall–Kier alpha value is -4.26. The van der Waals surface area contributed by atoms with Crippen molar-refractivity contribution in [1.29, 1.82) is 0 Å². The van der Waals surface area contributed by atoms with E-state index < -0.39 is 12.3 Å². The molecule has 0 aliphatic carbocycles. The summed E-state index contributed by atoms with van der Waals surface area (Å²) in [6.45, 7) is 0.250. The van der Waals surface area contributed by atoms with E-state index in [1.807, 2.05) is 18.2 Å². The minimum absolute atomic E-state index is 0.0766. The molecule has 0 spiro atoms. The third-order valence-electron chi connectivity index (χ3n) is 5.90. The zero-order valence-corrected chi connectivity index (χ0v) is 18.2. The molecule has 0 bridgehead atoms. The van der Waals surface area contributed by atoms with Crippen molar-refractivity contribution in [2.24, 2.45) is 5.92 Å². The highest BCUT2D eigenvalue weighted by molar-refractivity contribution is 6.02. The number of urea groups is 2. The molecule has 1 aromatic carbocycles. The molecule has 2 fully saturated rings. The third kappa shape index (κ3) is 4.08. The summed E-state index contributed by atoms with van der Waals surface area (Å²) in [5, 5.41) is 13.6. The highest BCUT2D eigenvalue weighted by atomic mass is 16.5. The molecule has 13 nitrogen and oxygen atoms in total.